The molecule has 2 heteroatoms. The molecule has 0 bridgehead atoms. The minimum Gasteiger partial charge on any atom is -0.396 e. The molecular formula is C12H17NO. The highest BCUT2D eigenvalue weighted by Gasteiger charge is 2.26. The van der Waals surface area contributed by atoms with Crippen molar-refractivity contribution in [3.05, 3.63) is 35.9 Å². The molecule has 1 saturated heterocycles. The molecule has 0 aromatic heterocycles. The predicted octanol–water partition coefficient (Wildman–Crippen LogP) is 1.51. The summed E-state index contributed by atoms with van der Waals surface area (Å²) in [4.78, 5) is 0. The van der Waals surface area contributed by atoms with Gasteiger partial charge in [0.05, 0.1) is 0 Å². The monoisotopic (exact) mass is 191 g/mol. The van der Waals surface area contributed by atoms with Crippen LogP contribution in [0.3, 0.4) is 0 Å². The van der Waals surface area contributed by atoms with Crippen LogP contribution in [0.1, 0.15) is 24.3 Å². The zero-order valence-corrected chi connectivity index (χ0v) is 8.32. The summed E-state index contributed by atoms with van der Waals surface area (Å²) >= 11 is 0. The zero-order chi connectivity index (χ0) is 9.80. The quantitative estimate of drug-likeness (QED) is 0.759. The van der Waals surface area contributed by atoms with Gasteiger partial charge in [0.2, 0.25) is 0 Å². The van der Waals surface area contributed by atoms with E-state index in [0.717, 1.165) is 13.0 Å². The van der Waals surface area contributed by atoms with Crippen LogP contribution in [0.4, 0.5) is 0 Å². The van der Waals surface area contributed by atoms with Crippen LogP contribution in [0.2, 0.25) is 0 Å². The minimum atomic E-state index is 0.279. The number of rotatable bonds is 3. The molecule has 2 nitrogen and oxygen atoms in total. The number of hydrogen-bond acceptors (Lipinski definition) is 2. The van der Waals surface area contributed by atoms with E-state index in [4.69, 9.17) is 5.11 Å². The van der Waals surface area contributed by atoms with Gasteiger partial charge in [-0.25, -0.2) is 0 Å². The van der Waals surface area contributed by atoms with Gasteiger partial charge in [-0.3, -0.25) is 0 Å². The average molecular weight is 191 g/mol. The zero-order valence-electron chi connectivity index (χ0n) is 8.32. The fraction of sp³-hybridized carbons (Fsp3) is 0.500. The van der Waals surface area contributed by atoms with Gasteiger partial charge in [0, 0.05) is 18.6 Å². The number of nitrogens with one attached hydrogen (secondary N) is 1. The van der Waals surface area contributed by atoms with Crippen LogP contribution in [0.15, 0.2) is 30.3 Å². The standard InChI is InChI=1S/C12H17NO/c14-9-7-12-11(6-8-13-12)10-4-2-1-3-5-10/h1-5,11-14H,6-9H2. The van der Waals surface area contributed by atoms with Crippen molar-refractivity contribution in [2.45, 2.75) is 24.8 Å². The number of hydrogen-bond donors (Lipinski definition) is 2. The molecule has 1 aliphatic heterocycles. The lowest BCUT2D eigenvalue weighted by Crippen LogP contribution is -2.26. The second-order valence-electron chi connectivity index (χ2n) is 3.88. The summed E-state index contributed by atoms with van der Waals surface area (Å²) in [6, 6.07) is 11.0. The molecule has 76 valence electrons. The van der Waals surface area contributed by atoms with Crippen LogP contribution in [-0.4, -0.2) is 24.3 Å². The molecule has 0 saturated carbocycles. The lowest BCUT2D eigenvalue weighted by atomic mass is 9.90. The molecule has 0 spiro atoms. The van der Waals surface area contributed by atoms with Gasteiger partial charge >= 0.3 is 0 Å². The molecule has 1 heterocycles. The third-order valence-electron chi connectivity index (χ3n) is 3.02. The van der Waals surface area contributed by atoms with E-state index in [1.54, 1.807) is 0 Å². The lowest BCUT2D eigenvalue weighted by molar-refractivity contribution is 0.266. The largest absolute Gasteiger partial charge is 0.396 e. The number of aliphatic hydroxyl groups is 1. The van der Waals surface area contributed by atoms with E-state index in [2.05, 4.69) is 29.6 Å². The Morgan fingerprint density at radius 2 is 2.07 bits per heavy atom. The van der Waals surface area contributed by atoms with Crippen molar-refractivity contribution >= 4 is 0 Å². The minimum absolute atomic E-state index is 0.279. The second kappa shape index (κ2) is 4.58. The summed E-state index contributed by atoms with van der Waals surface area (Å²) in [5.41, 5.74) is 1.40. The molecule has 1 aliphatic rings. The molecule has 14 heavy (non-hydrogen) atoms. The molecule has 2 unspecified atom stereocenters. The van der Waals surface area contributed by atoms with Crippen LogP contribution in [0, 0.1) is 0 Å². The molecule has 2 rings (SSSR count). The molecule has 2 N–H and O–H groups in total. The highest BCUT2D eigenvalue weighted by molar-refractivity contribution is 5.22. The van der Waals surface area contributed by atoms with Gasteiger partial charge in [0.25, 0.3) is 0 Å². The van der Waals surface area contributed by atoms with E-state index in [1.165, 1.54) is 12.0 Å². The Balaban J connectivity index is 2.10. The summed E-state index contributed by atoms with van der Waals surface area (Å²) in [6.45, 7) is 1.35. The molecule has 1 aromatic rings. The Morgan fingerprint density at radius 3 is 2.79 bits per heavy atom. The number of benzene rings is 1. The predicted molar refractivity (Wildman–Crippen MR) is 57.3 cm³/mol. The molecule has 1 aromatic carbocycles. The normalized spacial score (nSPS) is 26.6. The van der Waals surface area contributed by atoms with Gasteiger partial charge in [-0.15, -0.1) is 0 Å². The Kier molecular flexibility index (Phi) is 3.17. The third-order valence-corrected chi connectivity index (χ3v) is 3.02. The average Bonchev–Trinajstić information content (AvgIpc) is 2.68. The Morgan fingerprint density at radius 1 is 1.29 bits per heavy atom. The summed E-state index contributed by atoms with van der Waals surface area (Å²) in [5.74, 6) is 0.586. The van der Waals surface area contributed by atoms with E-state index in [-0.39, 0.29) is 6.61 Å². The molecule has 0 amide bonds. The summed E-state index contributed by atoms with van der Waals surface area (Å²) in [5, 5.41) is 12.4. The Labute approximate surface area is 85.0 Å². The van der Waals surface area contributed by atoms with Crippen molar-refractivity contribution in [3.8, 4) is 0 Å². The van der Waals surface area contributed by atoms with Crippen LogP contribution in [0.25, 0.3) is 0 Å². The first-order valence-electron chi connectivity index (χ1n) is 5.31. The topological polar surface area (TPSA) is 32.3 Å². The maximum atomic E-state index is 8.95. The van der Waals surface area contributed by atoms with Crippen molar-refractivity contribution in [1.29, 1.82) is 0 Å². The third kappa shape index (κ3) is 1.97. The first kappa shape index (κ1) is 9.69. The van der Waals surface area contributed by atoms with Gasteiger partial charge in [-0.2, -0.15) is 0 Å². The molecular weight excluding hydrogens is 174 g/mol. The van der Waals surface area contributed by atoms with Crippen LogP contribution in [-0.2, 0) is 0 Å². The van der Waals surface area contributed by atoms with Crippen molar-refractivity contribution < 1.29 is 5.11 Å². The van der Waals surface area contributed by atoms with Gasteiger partial charge in [0.15, 0.2) is 0 Å². The van der Waals surface area contributed by atoms with E-state index in [0.29, 0.717) is 12.0 Å². The van der Waals surface area contributed by atoms with E-state index < -0.39 is 0 Å². The number of aliphatic hydroxyl groups excluding tert-OH is 1. The van der Waals surface area contributed by atoms with Gasteiger partial charge in [-0.05, 0) is 24.9 Å². The molecule has 0 aliphatic carbocycles. The summed E-state index contributed by atoms with van der Waals surface area (Å²) < 4.78 is 0. The van der Waals surface area contributed by atoms with Gasteiger partial charge in [-0.1, -0.05) is 30.3 Å². The first-order valence-corrected chi connectivity index (χ1v) is 5.31. The smallest absolute Gasteiger partial charge is 0.0446 e. The van der Waals surface area contributed by atoms with Crippen molar-refractivity contribution in [3.63, 3.8) is 0 Å². The Hall–Kier alpha value is -0.860. The van der Waals surface area contributed by atoms with Crippen molar-refractivity contribution in [2.75, 3.05) is 13.2 Å². The highest BCUT2D eigenvalue weighted by atomic mass is 16.3. The maximum absolute atomic E-state index is 8.95. The van der Waals surface area contributed by atoms with E-state index >= 15 is 0 Å². The van der Waals surface area contributed by atoms with Gasteiger partial charge in [0.1, 0.15) is 0 Å². The second-order valence-corrected chi connectivity index (χ2v) is 3.88. The van der Waals surface area contributed by atoms with Crippen molar-refractivity contribution in [2.24, 2.45) is 0 Å². The fourth-order valence-corrected chi connectivity index (χ4v) is 2.31. The van der Waals surface area contributed by atoms with Crippen molar-refractivity contribution in [1.82, 2.24) is 5.32 Å². The molecule has 0 radical (unpaired) electrons. The lowest BCUT2D eigenvalue weighted by Gasteiger charge is -2.18. The van der Waals surface area contributed by atoms with E-state index in [9.17, 15) is 0 Å². The molecule has 2 atom stereocenters. The highest BCUT2D eigenvalue weighted by Crippen LogP contribution is 2.28. The first-order chi connectivity index (χ1) is 6.92. The fourth-order valence-electron chi connectivity index (χ4n) is 2.31. The summed E-state index contributed by atoms with van der Waals surface area (Å²) in [6.07, 6.45) is 2.05. The van der Waals surface area contributed by atoms with Crippen LogP contribution >= 0.6 is 0 Å². The SMILES string of the molecule is OCCC1NCCC1c1ccccc1. The maximum Gasteiger partial charge on any atom is 0.0446 e. The Bertz CT molecular complexity index is 273. The van der Waals surface area contributed by atoms with Gasteiger partial charge < -0.3 is 10.4 Å². The van der Waals surface area contributed by atoms with Crippen LogP contribution in [0.5, 0.6) is 0 Å². The molecule has 1 fully saturated rings. The summed E-state index contributed by atoms with van der Waals surface area (Å²) in [7, 11) is 0. The van der Waals surface area contributed by atoms with E-state index in [1.807, 2.05) is 6.07 Å². The van der Waals surface area contributed by atoms with Crippen LogP contribution < -0.4 is 5.32 Å².